The van der Waals surface area contributed by atoms with Crippen LogP contribution in [0.2, 0.25) is 0 Å². The summed E-state index contributed by atoms with van der Waals surface area (Å²) in [7, 11) is 0. The average molecular weight is 564 g/mol. The highest BCUT2D eigenvalue weighted by molar-refractivity contribution is 14.0. The third kappa shape index (κ3) is 8.32. The minimum absolute atomic E-state index is 0. The summed E-state index contributed by atoms with van der Waals surface area (Å²) in [5.74, 6) is 2.35. The molecule has 0 unspecified atom stereocenters. The highest BCUT2D eigenvalue weighted by atomic mass is 127. The Kier molecular flexibility index (Phi) is 11.7. The van der Waals surface area contributed by atoms with E-state index >= 15 is 0 Å². The Morgan fingerprint density at radius 3 is 2.64 bits per heavy atom. The molecule has 0 aliphatic carbocycles. The van der Waals surface area contributed by atoms with Crippen molar-refractivity contribution in [2.75, 3.05) is 26.4 Å². The van der Waals surface area contributed by atoms with Crippen LogP contribution < -0.4 is 15.4 Å². The van der Waals surface area contributed by atoms with Gasteiger partial charge in [-0.1, -0.05) is 30.3 Å². The fraction of sp³-hybridized carbons (Fsp3) is 0.375. The normalized spacial score (nSPS) is 11.1. The van der Waals surface area contributed by atoms with Crippen LogP contribution in [0.15, 0.2) is 59.9 Å². The Balaban J connectivity index is 0.00000385. The van der Waals surface area contributed by atoms with Gasteiger partial charge in [-0.25, -0.2) is 4.99 Å². The highest BCUT2D eigenvalue weighted by Crippen LogP contribution is 2.21. The SMILES string of the molecule is CCNC(=NCc1ccc(C)cc1OCCOCC)NCc1nncn1-c1ccccc1.I. The van der Waals surface area contributed by atoms with Gasteiger partial charge in [0.1, 0.15) is 18.7 Å². The van der Waals surface area contributed by atoms with Gasteiger partial charge in [0.25, 0.3) is 0 Å². The van der Waals surface area contributed by atoms with E-state index in [9.17, 15) is 0 Å². The largest absolute Gasteiger partial charge is 0.491 e. The van der Waals surface area contributed by atoms with Crippen molar-refractivity contribution in [2.45, 2.75) is 33.9 Å². The maximum Gasteiger partial charge on any atom is 0.191 e. The molecule has 9 heteroatoms. The van der Waals surface area contributed by atoms with E-state index < -0.39 is 0 Å². The van der Waals surface area contributed by atoms with Gasteiger partial charge in [0, 0.05) is 24.4 Å². The molecule has 2 aromatic carbocycles. The molecule has 0 amide bonds. The van der Waals surface area contributed by atoms with E-state index in [4.69, 9.17) is 14.5 Å². The first-order valence-corrected chi connectivity index (χ1v) is 11.0. The van der Waals surface area contributed by atoms with Crippen molar-refractivity contribution in [3.05, 3.63) is 71.8 Å². The molecule has 33 heavy (non-hydrogen) atoms. The molecule has 0 saturated heterocycles. The number of nitrogens with zero attached hydrogens (tertiary/aromatic N) is 4. The molecule has 1 aromatic heterocycles. The average Bonchev–Trinajstić information content (AvgIpc) is 3.29. The maximum absolute atomic E-state index is 5.94. The first-order valence-electron chi connectivity index (χ1n) is 11.0. The zero-order valence-corrected chi connectivity index (χ0v) is 21.8. The quantitative estimate of drug-likeness (QED) is 0.159. The Morgan fingerprint density at radius 1 is 1.06 bits per heavy atom. The molecule has 2 N–H and O–H groups in total. The van der Waals surface area contributed by atoms with E-state index in [0.717, 1.165) is 34.9 Å². The summed E-state index contributed by atoms with van der Waals surface area (Å²) < 4.78 is 13.3. The number of aryl methyl sites for hydroxylation is 1. The number of rotatable bonds is 11. The fourth-order valence-electron chi connectivity index (χ4n) is 3.13. The van der Waals surface area contributed by atoms with Crippen LogP contribution in [-0.4, -0.2) is 47.1 Å². The second-order valence-electron chi connectivity index (χ2n) is 7.16. The summed E-state index contributed by atoms with van der Waals surface area (Å²) in [6.07, 6.45) is 1.72. The molecule has 0 aliphatic heterocycles. The van der Waals surface area contributed by atoms with Gasteiger partial charge in [0.2, 0.25) is 0 Å². The number of aromatic nitrogens is 3. The Morgan fingerprint density at radius 2 is 1.88 bits per heavy atom. The molecule has 1 heterocycles. The molecule has 0 saturated carbocycles. The molecular weight excluding hydrogens is 531 g/mol. The topological polar surface area (TPSA) is 85.6 Å². The van der Waals surface area contributed by atoms with Crippen molar-refractivity contribution in [1.29, 1.82) is 0 Å². The van der Waals surface area contributed by atoms with Crippen molar-refractivity contribution in [2.24, 2.45) is 4.99 Å². The van der Waals surface area contributed by atoms with Gasteiger partial charge in [0.05, 0.1) is 19.7 Å². The van der Waals surface area contributed by atoms with Crippen LogP contribution in [0.3, 0.4) is 0 Å². The van der Waals surface area contributed by atoms with Crippen LogP contribution in [0.5, 0.6) is 5.75 Å². The molecule has 8 nitrogen and oxygen atoms in total. The molecular formula is C24H33IN6O2. The molecule has 178 valence electrons. The van der Waals surface area contributed by atoms with E-state index in [-0.39, 0.29) is 24.0 Å². The van der Waals surface area contributed by atoms with Crippen molar-refractivity contribution >= 4 is 29.9 Å². The van der Waals surface area contributed by atoms with Crippen LogP contribution in [-0.2, 0) is 17.8 Å². The number of nitrogens with one attached hydrogen (secondary N) is 2. The number of para-hydroxylation sites is 1. The molecule has 0 bridgehead atoms. The minimum Gasteiger partial charge on any atom is -0.491 e. The zero-order valence-electron chi connectivity index (χ0n) is 19.5. The Hall–Kier alpha value is -2.66. The summed E-state index contributed by atoms with van der Waals surface area (Å²) in [5, 5.41) is 14.9. The van der Waals surface area contributed by atoms with Gasteiger partial charge in [0.15, 0.2) is 11.8 Å². The minimum atomic E-state index is 0. The standard InChI is InChI=1S/C24H32N6O2.HI/c1-4-25-24(27-17-23-29-28-18-30(23)21-9-7-6-8-10-21)26-16-20-12-11-19(3)15-22(20)32-14-13-31-5-2;/h6-12,15,18H,4-5,13-14,16-17H2,1-3H3,(H2,25,26,27);1H. The van der Waals surface area contributed by atoms with Crippen LogP contribution in [0, 0.1) is 6.92 Å². The van der Waals surface area contributed by atoms with Gasteiger partial charge >= 0.3 is 0 Å². The van der Waals surface area contributed by atoms with E-state index in [2.05, 4.69) is 39.9 Å². The predicted molar refractivity (Wildman–Crippen MR) is 142 cm³/mol. The van der Waals surface area contributed by atoms with Gasteiger partial charge in [-0.15, -0.1) is 34.2 Å². The lowest BCUT2D eigenvalue weighted by Crippen LogP contribution is -2.37. The number of ether oxygens (including phenoxy) is 2. The lowest BCUT2D eigenvalue weighted by atomic mass is 10.1. The van der Waals surface area contributed by atoms with E-state index in [1.165, 1.54) is 0 Å². The summed E-state index contributed by atoms with van der Waals surface area (Å²) in [6.45, 7) is 9.57. The fourth-order valence-corrected chi connectivity index (χ4v) is 3.13. The molecule has 0 radical (unpaired) electrons. The first-order chi connectivity index (χ1) is 15.7. The van der Waals surface area contributed by atoms with E-state index in [0.29, 0.717) is 38.9 Å². The van der Waals surface area contributed by atoms with Gasteiger partial charge in [-0.3, -0.25) is 4.57 Å². The third-order valence-corrected chi connectivity index (χ3v) is 4.73. The summed E-state index contributed by atoms with van der Waals surface area (Å²) >= 11 is 0. The first kappa shape index (κ1) is 26.6. The second-order valence-corrected chi connectivity index (χ2v) is 7.16. The molecule has 3 rings (SSSR count). The highest BCUT2D eigenvalue weighted by Gasteiger charge is 2.09. The maximum atomic E-state index is 5.94. The lowest BCUT2D eigenvalue weighted by molar-refractivity contribution is 0.110. The monoisotopic (exact) mass is 564 g/mol. The van der Waals surface area contributed by atoms with Crippen molar-refractivity contribution in [3.63, 3.8) is 0 Å². The number of hydrogen-bond donors (Lipinski definition) is 2. The molecule has 3 aromatic rings. The summed E-state index contributed by atoms with van der Waals surface area (Å²) in [5.41, 5.74) is 3.19. The van der Waals surface area contributed by atoms with Crippen LogP contribution >= 0.6 is 24.0 Å². The zero-order chi connectivity index (χ0) is 22.6. The molecule has 0 fully saturated rings. The predicted octanol–water partition coefficient (Wildman–Crippen LogP) is 3.86. The second kappa shape index (κ2) is 14.5. The van der Waals surface area contributed by atoms with E-state index in [1.807, 2.05) is 54.8 Å². The van der Waals surface area contributed by atoms with Crippen LogP contribution in [0.25, 0.3) is 5.69 Å². The summed E-state index contributed by atoms with van der Waals surface area (Å²) in [4.78, 5) is 4.75. The lowest BCUT2D eigenvalue weighted by Gasteiger charge is -2.14. The van der Waals surface area contributed by atoms with Gasteiger partial charge in [-0.05, 0) is 44.5 Å². The number of halogens is 1. The molecule has 0 spiro atoms. The van der Waals surface area contributed by atoms with E-state index in [1.54, 1.807) is 6.33 Å². The van der Waals surface area contributed by atoms with Gasteiger partial charge in [-0.2, -0.15) is 0 Å². The number of guanidine groups is 1. The number of aliphatic imine (C=N–C) groups is 1. The van der Waals surface area contributed by atoms with Crippen molar-refractivity contribution in [3.8, 4) is 11.4 Å². The molecule has 0 aliphatic rings. The van der Waals surface area contributed by atoms with Gasteiger partial charge < -0.3 is 20.1 Å². The number of hydrogen-bond acceptors (Lipinski definition) is 5. The third-order valence-electron chi connectivity index (χ3n) is 4.73. The van der Waals surface area contributed by atoms with Crippen molar-refractivity contribution in [1.82, 2.24) is 25.4 Å². The summed E-state index contributed by atoms with van der Waals surface area (Å²) in [6, 6.07) is 16.2. The Labute approximate surface area is 212 Å². The smallest absolute Gasteiger partial charge is 0.191 e. The Bertz CT molecular complexity index is 994. The van der Waals surface area contributed by atoms with Crippen LogP contribution in [0.4, 0.5) is 0 Å². The molecule has 0 atom stereocenters. The number of benzene rings is 2. The van der Waals surface area contributed by atoms with Crippen molar-refractivity contribution < 1.29 is 9.47 Å². The van der Waals surface area contributed by atoms with Crippen LogP contribution in [0.1, 0.15) is 30.8 Å².